The van der Waals surface area contributed by atoms with Crippen LogP contribution >= 0.6 is 0 Å². The van der Waals surface area contributed by atoms with E-state index in [0.29, 0.717) is 30.9 Å². The zero-order valence-corrected chi connectivity index (χ0v) is 16.0. The Kier molecular flexibility index (Phi) is 8.26. The van der Waals surface area contributed by atoms with E-state index in [1.807, 2.05) is 6.92 Å². The second-order valence-electron chi connectivity index (χ2n) is 6.92. The van der Waals surface area contributed by atoms with Gasteiger partial charge in [-0.15, -0.1) is 0 Å². The summed E-state index contributed by atoms with van der Waals surface area (Å²) < 4.78 is 4.96. The minimum atomic E-state index is -0.132. The quantitative estimate of drug-likeness (QED) is 0.349. The number of nitrogens with zero attached hydrogens (tertiary/aromatic N) is 1. The highest BCUT2D eigenvalue weighted by molar-refractivity contribution is 5.96. The lowest BCUT2D eigenvalue weighted by Crippen LogP contribution is -2.35. The second-order valence-corrected chi connectivity index (χ2v) is 6.92. The van der Waals surface area contributed by atoms with Gasteiger partial charge in [-0.05, 0) is 69.5 Å². The molecule has 1 saturated heterocycles. The van der Waals surface area contributed by atoms with E-state index in [0.717, 1.165) is 44.6 Å². The fourth-order valence-electron chi connectivity index (χ4n) is 3.27. The number of nitrogens with two attached hydrogens (primary N) is 1. The van der Waals surface area contributed by atoms with Crippen LogP contribution in [0.3, 0.4) is 0 Å². The standard InChI is InChI=1S/C20H30N4O3/c1-2-27-19(26)11-14-24-12-9-15(10-13-24)3-8-18(25)23-17-6-4-16(5-7-17)20(21)22/h4-7,15H,2-3,8-14H2,1H3,(H3,21,22)(H,23,25). The monoisotopic (exact) mass is 374 g/mol. The summed E-state index contributed by atoms with van der Waals surface area (Å²) in [4.78, 5) is 25.9. The van der Waals surface area contributed by atoms with Gasteiger partial charge in [0.05, 0.1) is 13.0 Å². The molecule has 0 radical (unpaired) electrons. The molecule has 0 aromatic heterocycles. The van der Waals surface area contributed by atoms with Gasteiger partial charge in [0.2, 0.25) is 5.91 Å². The largest absolute Gasteiger partial charge is 0.466 e. The third kappa shape index (κ3) is 7.38. The smallest absolute Gasteiger partial charge is 0.307 e. The topological polar surface area (TPSA) is 109 Å². The van der Waals surface area contributed by atoms with Gasteiger partial charge < -0.3 is 20.7 Å². The highest BCUT2D eigenvalue weighted by atomic mass is 16.5. The Balaban J connectivity index is 1.63. The van der Waals surface area contributed by atoms with Gasteiger partial charge in [0.15, 0.2) is 0 Å². The summed E-state index contributed by atoms with van der Waals surface area (Å²) in [5, 5.41) is 10.3. The number of rotatable bonds is 9. The van der Waals surface area contributed by atoms with Gasteiger partial charge in [-0.25, -0.2) is 0 Å². The Bertz CT molecular complexity index is 637. The average Bonchev–Trinajstić information content (AvgIpc) is 2.66. The fourth-order valence-corrected chi connectivity index (χ4v) is 3.27. The summed E-state index contributed by atoms with van der Waals surface area (Å²) in [7, 11) is 0. The molecule has 2 rings (SSSR count). The summed E-state index contributed by atoms with van der Waals surface area (Å²) in [5.41, 5.74) is 6.78. The SMILES string of the molecule is CCOC(=O)CCN1CCC(CCC(=O)Nc2ccc(C(=N)N)cc2)CC1. The van der Waals surface area contributed by atoms with Crippen LogP contribution < -0.4 is 11.1 Å². The zero-order chi connectivity index (χ0) is 19.6. The molecule has 4 N–H and O–H groups in total. The zero-order valence-electron chi connectivity index (χ0n) is 16.0. The van der Waals surface area contributed by atoms with Crippen molar-refractivity contribution in [2.24, 2.45) is 11.7 Å². The molecule has 1 aromatic rings. The maximum atomic E-state index is 12.1. The van der Waals surface area contributed by atoms with E-state index in [9.17, 15) is 9.59 Å². The van der Waals surface area contributed by atoms with Crippen LogP contribution in [0.1, 0.15) is 44.6 Å². The normalized spacial score (nSPS) is 15.3. The molecule has 27 heavy (non-hydrogen) atoms. The van der Waals surface area contributed by atoms with Gasteiger partial charge in [0, 0.05) is 24.2 Å². The van der Waals surface area contributed by atoms with Crippen LogP contribution in [0.25, 0.3) is 0 Å². The number of nitrogens with one attached hydrogen (secondary N) is 2. The maximum absolute atomic E-state index is 12.1. The predicted molar refractivity (Wildman–Crippen MR) is 106 cm³/mol. The van der Waals surface area contributed by atoms with E-state index in [1.165, 1.54) is 0 Å². The van der Waals surface area contributed by atoms with Crippen molar-refractivity contribution in [3.63, 3.8) is 0 Å². The van der Waals surface area contributed by atoms with Crippen LogP contribution in [0.15, 0.2) is 24.3 Å². The lowest BCUT2D eigenvalue weighted by atomic mass is 9.92. The Labute approximate surface area is 160 Å². The van der Waals surface area contributed by atoms with Crippen molar-refractivity contribution in [2.45, 2.75) is 39.0 Å². The van der Waals surface area contributed by atoms with E-state index in [4.69, 9.17) is 15.9 Å². The Morgan fingerprint density at radius 2 is 1.89 bits per heavy atom. The molecule has 0 aliphatic carbocycles. The van der Waals surface area contributed by atoms with Gasteiger partial charge in [0.1, 0.15) is 5.84 Å². The molecule has 1 fully saturated rings. The van der Waals surface area contributed by atoms with Gasteiger partial charge in [-0.3, -0.25) is 15.0 Å². The molecule has 0 unspecified atom stereocenters. The van der Waals surface area contributed by atoms with E-state index < -0.39 is 0 Å². The summed E-state index contributed by atoms with van der Waals surface area (Å²) >= 11 is 0. The molecule has 0 saturated carbocycles. The number of esters is 1. The number of ether oxygens (including phenoxy) is 1. The van der Waals surface area contributed by atoms with Crippen LogP contribution in [-0.4, -0.2) is 48.9 Å². The van der Waals surface area contributed by atoms with Crippen molar-refractivity contribution in [3.05, 3.63) is 29.8 Å². The number of hydrogen-bond donors (Lipinski definition) is 3. The van der Waals surface area contributed by atoms with E-state index in [1.54, 1.807) is 24.3 Å². The molecule has 1 aromatic carbocycles. The molecular weight excluding hydrogens is 344 g/mol. The molecule has 0 spiro atoms. The number of nitrogen functional groups attached to an aromatic ring is 1. The molecule has 0 atom stereocenters. The lowest BCUT2D eigenvalue weighted by molar-refractivity contribution is -0.143. The molecule has 148 valence electrons. The van der Waals surface area contributed by atoms with Crippen molar-refractivity contribution in [2.75, 3.05) is 31.6 Å². The first-order valence-electron chi connectivity index (χ1n) is 9.60. The van der Waals surface area contributed by atoms with E-state index in [-0.39, 0.29) is 17.7 Å². The fraction of sp³-hybridized carbons (Fsp3) is 0.550. The first-order valence-corrected chi connectivity index (χ1v) is 9.60. The van der Waals surface area contributed by atoms with Crippen LogP contribution in [0.2, 0.25) is 0 Å². The number of hydrogen-bond acceptors (Lipinski definition) is 5. The maximum Gasteiger partial charge on any atom is 0.307 e. The van der Waals surface area contributed by atoms with Crippen molar-refractivity contribution in [3.8, 4) is 0 Å². The first kappa shape index (κ1) is 20.9. The number of anilines is 1. The highest BCUT2D eigenvalue weighted by Gasteiger charge is 2.20. The summed E-state index contributed by atoms with van der Waals surface area (Å²) in [6.07, 6.45) is 3.95. The average molecular weight is 374 g/mol. The molecule has 7 nitrogen and oxygen atoms in total. The summed E-state index contributed by atoms with van der Waals surface area (Å²) in [6, 6.07) is 6.97. The number of carbonyl (C=O) groups is 2. The second kappa shape index (κ2) is 10.7. The number of amides is 1. The third-order valence-electron chi connectivity index (χ3n) is 4.90. The minimum Gasteiger partial charge on any atom is -0.466 e. The Morgan fingerprint density at radius 1 is 1.22 bits per heavy atom. The van der Waals surface area contributed by atoms with Crippen LogP contribution in [0.4, 0.5) is 5.69 Å². The van der Waals surface area contributed by atoms with Gasteiger partial charge in [-0.2, -0.15) is 0 Å². The van der Waals surface area contributed by atoms with Gasteiger partial charge in [0.25, 0.3) is 0 Å². The van der Waals surface area contributed by atoms with Crippen molar-refractivity contribution in [1.29, 1.82) is 5.41 Å². The van der Waals surface area contributed by atoms with Gasteiger partial charge in [-0.1, -0.05) is 0 Å². The summed E-state index contributed by atoms with van der Waals surface area (Å²) in [5.74, 6) is 0.444. The van der Waals surface area contributed by atoms with Crippen LogP contribution in [0.5, 0.6) is 0 Å². The summed E-state index contributed by atoms with van der Waals surface area (Å²) in [6.45, 7) is 4.95. The van der Waals surface area contributed by atoms with Crippen molar-refractivity contribution >= 4 is 23.4 Å². The first-order chi connectivity index (χ1) is 13.0. The van der Waals surface area contributed by atoms with Gasteiger partial charge >= 0.3 is 5.97 Å². The van der Waals surface area contributed by atoms with Crippen LogP contribution in [0, 0.1) is 11.3 Å². The number of benzene rings is 1. The molecule has 0 bridgehead atoms. The van der Waals surface area contributed by atoms with E-state index in [2.05, 4.69) is 10.2 Å². The number of amidine groups is 1. The minimum absolute atomic E-state index is 0.00955. The lowest BCUT2D eigenvalue weighted by Gasteiger charge is -2.31. The van der Waals surface area contributed by atoms with Crippen molar-refractivity contribution < 1.29 is 14.3 Å². The van der Waals surface area contributed by atoms with Crippen molar-refractivity contribution in [1.82, 2.24) is 4.90 Å². The Hall–Kier alpha value is -2.41. The number of piperidine rings is 1. The molecule has 1 amide bonds. The molecule has 1 heterocycles. The highest BCUT2D eigenvalue weighted by Crippen LogP contribution is 2.22. The molecule has 7 heteroatoms. The van der Waals surface area contributed by atoms with E-state index >= 15 is 0 Å². The predicted octanol–water partition coefficient (Wildman–Crippen LogP) is 2.35. The third-order valence-corrected chi connectivity index (χ3v) is 4.90. The number of likely N-dealkylation sites (tertiary alicyclic amines) is 1. The van der Waals surface area contributed by atoms with Crippen LogP contribution in [-0.2, 0) is 14.3 Å². The Morgan fingerprint density at radius 3 is 2.48 bits per heavy atom. The number of carbonyl (C=O) groups excluding carboxylic acids is 2. The molecule has 1 aliphatic heterocycles. The molecule has 1 aliphatic rings. The molecular formula is C20H30N4O3.